The summed E-state index contributed by atoms with van der Waals surface area (Å²) in [5.74, 6) is 1.35. The van der Waals surface area contributed by atoms with E-state index in [1.807, 2.05) is 18.2 Å². The number of halogens is 1. The Hall–Kier alpha value is -0.930. The molecule has 2 aromatic rings. The molecular formula is C10H10ClNOS. The minimum atomic E-state index is 0.497. The summed E-state index contributed by atoms with van der Waals surface area (Å²) in [6.45, 7) is 0. The third-order valence-electron chi connectivity index (χ3n) is 2.12. The maximum absolute atomic E-state index is 5.83. The Morgan fingerprint density at radius 1 is 1.50 bits per heavy atom. The zero-order valence-electron chi connectivity index (χ0n) is 7.71. The van der Waals surface area contributed by atoms with Crippen molar-refractivity contribution in [1.29, 1.82) is 0 Å². The third kappa shape index (κ3) is 1.42. The van der Waals surface area contributed by atoms with Gasteiger partial charge in [-0.1, -0.05) is 6.07 Å². The average Bonchev–Trinajstić information content (AvgIpc) is 2.57. The molecule has 14 heavy (non-hydrogen) atoms. The topological polar surface area (TPSA) is 35.2 Å². The maximum atomic E-state index is 5.83. The van der Waals surface area contributed by atoms with Crippen LogP contribution in [0.5, 0.6) is 5.75 Å². The van der Waals surface area contributed by atoms with Crippen LogP contribution in [0.3, 0.4) is 0 Å². The van der Waals surface area contributed by atoms with Crippen LogP contribution in [0.1, 0.15) is 5.56 Å². The Morgan fingerprint density at radius 2 is 2.29 bits per heavy atom. The van der Waals surface area contributed by atoms with Gasteiger partial charge in [0.05, 0.1) is 16.8 Å². The molecule has 1 aromatic carbocycles. The van der Waals surface area contributed by atoms with Gasteiger partial charge in [-0.15, -0.1) is 22.9 Å². The van der Waals surface area contributed by atoms with E-state index in [1.165, 1.54) is 11.3 Å². The van der Waals surface area contributed by atoms with Crippen LogP contribution in [0.2, 0.25) is 0 Å². The first-order valence-electron chi connectivity index (χ1n) is 4.17. The monoisotopic (exact) mass is 227 g/mol. The standard InChI is InChI=1S/C10H10ClNOS/c1-13-8-3-2-6(5-11)7-4-9(12)14-10(7)8/h2-4H,5,12H2,1H3. The average molecular weight is 228 g/mol. The molecule has 4 heteroatoms. The van der Waals surface area contributed by atoms with Gasteiger partial charge in [-0.05, 0) is 17.7 Å². The molecule has 0 aliphatic heterocycles. The molecule has 74 valence electrons. The lowest BCUT2D eigenvalue weighted by Gasteiger charge is -2.03. The molecule has 2 rings (SSSR count). The van der Waals surface area contributed by atoms with Crippen molar-refractivity contribution in [2.75, 3.05) is 12.8 Å². The highest BCUT2D eigenvalue weighted by molar-refractivity contribution is 7.23. The number of alkyl halides is 1. The van der Waals surface area contributed by atoms with Gasteiger partial charge in [0.15, 0.2) is 0 Å². The van der Waals surface area contributed by atoms with Gasteiger partial charge >= 0.3 is 0 Å². The molecule has 0 saturated heterocycles. The molecule has 0 aliphatic carbocycles. The molecule has 0 unspecified atom stereocenters. The number of nitrogen functional groups attached to an aromatic ring is 1. The number of rotatable bonds is 2. The Labute approximate surface area is 91.2 Å². The van der Waals surface area contributed by atoms with Crippen LogP contribution >= 0.6 is 22.9 Å². The van der Waals surface area contributed by atoms with E-state index in [0.29, 0.717) is 5.88 Å². The maximum Gasteiger partial charge on any atom is 0.136 e. The van der Waals surface area contributed by atoms with E-state index in [0.717, 1.165) is 26.4 Å². The number of anilines is 1. The van der Waals surface area contributed by atoms with E-state index < -0.39 is 0 Å². The highest BCUT2D eigenvalue weighted by Gasteiger charge is 2.08. The van der Waals surface area contributed by atoms with Gasteiger partial charge in [0, 0.05) is 11.3 Å². The van der Waals surface area contributed by atoms with Crippen LogP contribution in [0, 0.1) is 0 Å². The van der Waals surface area contributed by atoms with Crippen LogP contribution in [0.4, 0.5) is 5.00 Å². The molecule has 0 amide bonds. The van der Waals surface area contributed by atoms with Crippen molar-refractivity contribution in [2.45, 2.75) is 5.88 Å². The molecule has 0 atom stereocenters. The number of benzene rings is 1. The number of nitrogens with two attached hydrogens (primary N) is 1. The lowest BCUT2D eigenvalue weighted by atomic mass is 10.1. The number of hydrogen-bond acceptors (Lipinski definition) is 3. The van der Waals surface area contributed by atoms with Crippen molar-refractivity contribution >= 4 is 38.0 Å². The molecule has 1 heterocycles. The van der Waals surface area contributed by atoms with Gasteiger partial charge < -0.3 is 10.5 Å². The molecule has 0 aliphatic rings. The molecule has 2 nitrogen and oxygen atoms in total. The second kappa shape index (κ2) is 3.67. The summed E-state index contributed by atoms with van der Waals surface area (Å²) in [5, 5.41) is 1.89. The van der Waals surface area contributed by atoms with Crippen molar-refractivity contribution in [2.24, 2.45) is 0 Å². The van der Waals surface area contributed by atoms with Crippen molar-refractivity contribution in [3.05, 3.63) is 23.8 Å². The summed E-state index contributed by atoms with van der Waals surface area (Å²) in [6.07, 6.45) is 0. The summed E-state index contributed by atoms with van der Waals surface area (Å²) in [7, 11) is 1.66. The molecular weight excluding hydrogens is 218 g/mol. The highest BCUT2D eigenvalue weighted by Crippen LogP contribution is 2.37. The third-order valence-corrected chi connectivity index (χ3v) is 3.39. The predicted octanol–water partition coefficient (Wildman–Crippen LogP) is 3.23. The summed E-state index contributed by atoms with van der Waals surface area (Å²) in [6, 6.07) is 5.84. The smallest absolute Gasteiger partial charge is 0.136 e. The Kier molecular flexibility index (Phi) is 2.52. The van der Waals surface area contributed by atoms with Crippen molar-refractivity contribution in [3.8, 4) is 5.75 Å². The molecule has 0 fully saturated rings. The SMILES string of the molecule is COc1ccc(CCl)c2cc(N)sc12. The molecule has 0 bridgehead atoms. The first-order chi connectivity index (χ1) is 6.76. The van der Waals surface area contributed by atoms with Crippen molar-refractivity contribution < 1.29 is 4.74 Å². The minimum absolute atomic E-state index is 0.497. The number of fused-ring (bicyclic) bond motifs is 1. The first-order valence-corrected chi connectivity index (χ1v) is 5.52. The zero-order chi connectivity index (χ0) is 10.1. The first kappa shape index (κ1) is 9.62. The number of ether oxygens (including phenoxy) is 1. The Bertz CT molecular complexity index is 425. The summed E-state index contributed by atoms with van der Waals surface area (Å²) < 4.78 is 6.32. The van der Waals surface area contributed by atoms with Gasteiger partial charge in [0.1, 0.15) is 5.75 Å². The van der Waals surface area contributed by atoms with Crippen LogP contribution < -0.4 is 10.5 Å². The lowest BCUT2D eigenvalue weighted by molar-refractivity contribution is 0.420. The molecule has 0 spiro atoms. The minimum Gasteiger partial charge on any atom is -0.495 e. The van der Waals surface area contributed by atoms with Gasteiger partial charge in [-0.25, -0.2) is 0 Å². The summed E-state index contributed by atoms with van der Waals surface area (Å²) >= 11 is 7.36. The lowest BCUT2D eigenvalue weighted by Crippen LogP contribution is -1.85. The van der Waals surface area contributed by atoms with Gasteiger partial charge in [-0.2, -0.15) is 0 Å². The van der Waals surface area contributed by atoms with Crippen LogP contribution in [-0.4, -0.2) is 7.11 Å². The van der Waals surface area contributed by atoms with Crippen LogP contribution in [0.15, 0.2) is 18.2 Å². The fourth-order valence-electron chi connectivity index (χ4n) is 1.45. The summed E-state index contributed by atoms with van der Waals surface area (Å²) in [4.78, 5) is 0. The number of thiophene rings is 1. The second-order valence-electron chi connectivity index (χ2n) is 2.95. The van der Waals surface area contributed by atoms with Crippen LogP contribution in [-0.2, 0) is 5.88 Å². The Morgan fingerprint density at radius 3 is 2.93 bits per heavy atom. The fourth-order valence-corrected chi connectivity index (χ4v) is 2.65. The van der Waals surface area contributed by atoms with E-state index in [1.54, 1.807) is 7.11 Å². The van der Waals surface area contributed by atoms with Gasteiger partial charge in [-0.3, -0.25) is 0 Å². The van der Waals surface area contributed by atoms with E-state index in [2.05, 4.69) is 0 Å². The molecule has 1 aromatic heterocycles. The van der Waals surface area contributed by atoms with Gasteiger partial charge in [0.25, 0.3) is 0 Å². The fraction of sp³-hybridized carbons (Fsp3) is 0.200. The van der Waals surface area contributed by atoms with E-state index in [4.69, 9.17) is 22.1 Å². The zero-order valence-corrected chi connectivity index (χ0v) is 9.28. The van der Waals surface area contributed by atoms with E-state index in [9.17, 15) is 0 Å². The normalized spacial score (nSPS) is 10.7. The van der Waals surface area contributed by atoms with Crippen LogP contribution in [0.25, 0.3) is 10.1 Å². The molecule has 0 saturated carbocycles. The largest absolute Gasteiger partial charge is 0.495 e. The van der Waals surface area contributed by atoms with E-state index in [-0.39, 0.29) is 0 Å². The summed E-state index contributed by atoms with van der Waals surface area (Å²) in [5.41, 5.74) is 6.85. The van der Waals surface area contributed by atoms with Crippen molar-refractivity contribution in [3.63, 3.8) is 0 Å². The molecule has 2 N–H and O–H groups in total. The Balaban J connectivity index is 2.77. The molecule has 0 radical (unpaired) electrons. The predicted molar refractivity (Wildman–Crippen MR) is 62.3 cm³/mol. The number of methoxy groups -OCH3 is 1. The second-order valence-corrected chi connectivity index (χ2v) is 4.30. The van der Waals surface area contributed by atoms with E-state index >= 15 is 0 Å². The van der Waals surface area contributed by atoms with Crippen molar-refractivity contribution in [1.82, 2.24) is 0 Å². The van der Waals surface area contributed by atoms with Gasteiger partial charge in [0.2, 0.25) is 0 Å². The highest BCUT2D eigenvalue weighted by atomic mass is 35.5. The quantitative estimate of drug-likeness (QED) is 0.800. The number of hydrogen-bond donors (Lipinski definition) is 1.